The zero-order valence-corrected chi connectivity index (χ0v) is 20.5. The second-order valence-electron chi connectivity index (χ2n) is 9.98. The summed E-state index contributed by atoms with van der Waals surface area (Å²) >= 11 is 0. The number of rotatable bonds is 3. The van der Waals surface area contributed by atoms with Crippen LogP contribution in [0.4, 0.5) is 4.39 Å². The van der Waals surface area contributed by atoms with Crippen molar-refractivity contribution >= 4 is 26.8 Å². The summed E-state index contributed by atoms with van der Waals surface area (Å²) in [5.74, 6) is 0.316. The molecule has 0 spiro atoms. The van der Waals surface area contributed by atoms with Crippen LogP contribution in [0.15, 0.2) is 30.3 Å². The first-order chi connectivity index (χ1) is 16.1. The first kappa shape index (κ1) is 23.0. The Morgan fingerprint density at radius 1 is 1.15 bits per heavy atom. The molecule has 180 valence electrons. The van der Waals surface area contributed by atoms with Gasteiger partial charge in [0.1, 0.15) is 5.82 Å². The number of fused-ring (bicyclic) bond motifs is 1. The number of benzene rings is 1. The molecule has 3 atom stereocenters. The zero-order chi connectivity index (χ0) is 24.2. The molecule has 4 heterocycles. The highest BCUT2D eigenvalue weighted by atomic mass is 32.2. The number of piperidine rings is 1. The highest BCUT2D eigenvalue weighted by molar-refractivity contribution is 7.91. The van der Waals surface area contributed by atoms with E-state index in [9.17, 15) is 17.6 Å². The van der Waals surface area contributed by atoms with E-state index in [0.717, 1.165) is 6.42 Å². The monoisotopic (exact) mass is 484 g/mol. The van der Waals surface area contributed by atoms with E-state index >= 15 is 0 Å². The third-order valence-electron chi connectivity index (χ3n) is 6.93. The van der Waals surface area contributed by atoms with Crippen molar-refractivity contribution in [2.75, 3.05) is 24.6 Å². The molecule has 7 nitrogen and oxygen atoms in total. The molecule has 5 rings (SSSR count). The molecule has 0 saturated carbocycles. The Balaban J connectivity index is 1.71. The van der Waals surface area contributed by atoms with E-state index in [1.165, 1.54) is 6.07 Å². The molecule has 2 aliphatic rings. The fourth-order valence-electron chi connectivity index (χ4n) is 5.51. The van der Waals surface area contributed by atoms with Crippen molar-refractivity contribution in [3.63, 3.8) is 0 Å². The van der Waals surface area contributed by atoms with Crippen LogP contribution in [-0.2, 0) is 9.84 Å². The summed E-state index contributed by atoms with van der Waals surface area (Å²) in [7, 11) is -3.15. The van der Waals surface area contributed by atoms with Crippen LogP contribution in [0.2, 0.25) is 0 Å². The van der Waals surface area contributed by atoms with Gasteiger partial charge in [-0.25, -0.2) is 22.5 Å². The van der Waals surface area contributed by atoms with Crippen LogP contribution < -0.4 is 0 Å². The lowest BCUT2D eigenvalue weighted by molar-refractivity contribution is 0.0625. The zero-order valence-electron chi connectivity index (χ0n) is 19.7. The standard InChI is InChI=1S/C25H29FN4O3S/c1-15-10-16(2)13-29(12-15)25(31)20-11-22(19-6-4-5-7-21(19)26)27-24-23(20)17(3)28-30(24)18-8-9-34(32,33)14-18/h4-7,11,15-16,18H,8-10,12-14H2,1-3H3. The number of likely N-dealkylation sites (tertiary alicyclic amines) is 1. The van der Waals surface area contributed by atoms with Crippen LogP contribution >= 0.6 is 0 Å². The molecular weight excluding hydrogens is 455 g/mol. The smallest absolute Gasteiger partial charge is 0.254 e. The maximum absolute atomic E-state index is 14.7. The molecular formula is C25H29FN4O3S. The van der Waals surface area contributed by atoms with Crippen molar-refractivity contribution in [1.82, 2.24) is 19.7 Å². The number of halogens is 1. The minimum atomic E-state index is -3.15. The van der Waals surface area contributed by atoms with Gasteiger partial charge in [-0.05, 0) is 49.8 Å². The van der Waals surface area contributed by atoms with E-state index in [4.69, 9.17) is 4.98 Å². The predicted molar refractivity (Wildman–Crippen MR) is 129 cm³/mol. The topological polar surface area (TPSA) is 85.2 Å². The molecule has 0 radical (unpaired) electrons. The predicted octanol–water partition coefficient (Wildman–Crippen LogP) is 4.02. The highest BCUT2D eigenvalue weighted by Gasteiger charge is 2.34. The number of aryl methyl sites for hydroxylation is 1. The maximum Gasteiger partial charge on any atom is 0.254 e. The molecule has 1 amide bonds. The lowest BCUT2D eigenvalue weighted by Crippen LogP contribution is -2.42. The van der Waals surface area contributed by atoms with Gasteiger partial charge in [-0.15, -0.1) is 0 Å². The van der Waals surface area contributed by atoms with Crippen LogP contribution in [0.1, 0.15) is 48.8 Å². The average molecular weight is 485 g/mol. The quantitative estimate of drug-likeness (QED) is 0.561. The summed E-state index contributed by atoms with van der Waals surface area (Å²) in [6.07, 6.45) is 1.51. The third-order valence-corrected chi connectivity index (χ3v) is 8.68. The number of aromatic nitrogens is 3. The molecule has 2 fully saturated rings. The van der Waals surface area contributed by atoms with Crippen molar-refractivity contribution in [3.05, 3.63) is 47.4 Å². The van der Waals surface area contributed by atoms with Crippen molar-refractivity contribution in [2.24, 2.45) is 11.8 Å². The average Bonchev–Trinajstić information content (AvgIpc) is 3.31. The van der Waals surface area contributed by atoms with Gasteiger partial charge in [0.25, 0.3) is 5.91 Å². The number of carbonyl (C=O) groups excluding carboxylic acids is 1. The van der Waals surface area contributed by atoms with Crippen molar-refractivity contribution in [2.45, 2.75) is 39.7 Å². The van der Waals surface area contributed by atoms with Gasteiger partial charge in [-0.1, -0.05) is 26.0 Å². The Hall–Kier alpha value is -2.81. The minimum absolute atomic E-state index is 0.0146. The number of sulfone groups is 1. The Morgan fingerprint density at radius 2 is 1.85 bits per heavy atom. The van der Waals surface area contributed by atoms with Crippen molar-refractivity contribution in [1.29, 1.82) is 0 Å². The second kappa shape index (κ2) is 8.45. The van der Waals surface area contributed by atoms with Gasteiger partial charge in [-0.3, -0.25) is 4.79 Å². The van der Waals surface area contributed by atoms with E-state index in [1.54, 1.807) is 28.9 Å². The lowest BCUT2D eigenvalue weighted by Gasteiger charge is -2.35. The molecule has 0 bridgehead atoms. The largest absolute Gasteiger partial charge is 0.338 e. The lowest BCUT2D eigenvalue weighted by atomic mass is 9.91. The second-order valence-corrected chi connectivity index (χ2v) is 12.2. The summed E-state index contributed by atoms with van der Waals surface area (Å²) in [5.41, 5.74) is 2.13. The fraction of sp³-hybridized carbons (Fsp3) is 0.480. The third kappa shape index (κ3) is 4.10. The van der Waals surface area contributed by atoms with E-state index in [2.05, 4.69) is 18.9 Å². The summed E-state index contributed by atoms with van der Waals surface area (Å²) in [6, 6.07) is 7.64. The van der Waals surface area contributed by atoms with Gasteiger partial charge in [0.2, 0.25) is 0 Å². The van der Waals surface area contributed by atoms with Crippen LogP contribution in [0.25, 0.3) is 22.3 Å². The molecule has 34 heavy (non-hydrogen) atoms. The number of carbonyl (C=O) groups is 1. The van der Waals surface area contributed by atoms with Crippen LogP contribution in [0, 0.1) is 24.6 Å². The molecule has 2 aromatic heterocycles. The number of hydrogen-bond acceptors (Lipinski definition) is 5. The van der Waals surface area contributed by atoms with Crippen LogP contribution in [-0.4, -0.2) is 58.6 Å². The first-order valence-electron chi connectivity index (χ1n) is 11.8. The number of amides is 1. The van der Waals surface area contributed by atoms with Crippen molar-refractivity contribution < 1.29 is 17.6 Å². The van der Waals surface area contributed by atoms with Crippen LogP contribution in [0.5, 0.6) is 0 Å². The summed E-state index contributed by atoms with van der Waals surface area (Å²) in [5, 5.41) is 5.25. The van der Waals surface area contributed by atoms with Gasteiger partial charge in [0, 0.05) is 18.7 Å². The molecule has 0 N–H and O–H groups in total. The highest BCUT2D eigenvalue weighted by Crippen LogP contribution is 2.34. The van der Waals surface area contributed by atoms with E-state index in [-0.39, 0.29) is 23.5 Å². The number of hydrogen-bond donors (Lipinski definition) is 0. The van der Waals surface area contributed by atoms with E-state index < -0.39 is 15.7 Å². The van der Waals surface area contributed by atoms with Gasteiger partial charge in [0.15, 0.2) is 15.5 Å². The fourth-order valence-corrected chi connectivity index (χ4v) is 7.20. The van der Waals surface area contributed by atoms with Gasteiger partial charge >= 0.3 is 0 Å². The van der Waals surface area contributed by atoms with Gasteiger partial charge in [-0.2, -0.15) is 5.10 Å². The molecule has 2 saturated heterocycles. The van der Waals surface area contributed by atoms with E-state index in [0.29, 0.717) is 64.9 Å². The summed E-state index contributed by atoms with van der Waals surface area (Å²) < 4.78 is 40.7. The minimum Gasteiger partial charge on any atom is -0.338 e. The van der Waals surface area contributed by atoms with Crippen molar-refractivity contribution in [3.8, 4) is 11.3 Å². The first-order valence-corrected chi connectivity index (χ1v) is 13.6. The maximum atomic E-state index is 14.7. The summed E-state index contributed by atoms with van der Waals surface area (Å²) in [4.78, 5) is 20.4. The van der Waals surface area contributed by atoms with Crippen LogP contribution in [0.3, 0.4) is 0 Å². The Bertz CT molecular complexity index is 1370. The number of pyridine rings is 1. The van der Waals surface area contributed by atoms with Gasteiger partial charge in [0.05, 0.1) is 39.9 Å². The molecule has 0 aliphatic carbocycles. The van der Waals surface area contributed by atoms with Gasteiger partial charge < -0.3 is 4.90 Å². The Kier molecular flexibility index (Phi) is 5.70. The SMILES string of the molecule is Cc1nn(C2CCS(=O)(=O)C2)c2nc(-c3ccccc3F)cc(C(=O)N3CC(C)CC(C)C3)c12. The van der Waals surface area contributed by atoms with E-state index in [1.807, 2.05) is 11.8 Å². The molecule has 2 aliphatic heterocycles. The molecule has 3 aromatic rings. The molecule has 3 unspecified atom stereocenters. The Labute approximate surface area is 198 Å². The summed E-state index contributed by atoms with van der Waals surface area (Å²) in [6.45, 7) is 7.43. The molecule has 1 aromatic carbocycles. The Morgan fingerprint density at radius 3 is 2.50 bits per heavy atom. The molecule has 9 heteroatoms. The normalized spacial score (nSPS) is 24.6. The number of nitrogens with zero attached hydrogens (tertiary/aromatic N) is 4.